The van der Waals surface area contributed by atoms with Crippen LogP contribution in [-0.2, 0) is 14.9 Å². The van der Waals surface area contributed by atoms with Crippen LogP contribution < -0.4 is 5.32 Å². The minimum Gasteiger partial charge on any atom is -0.480 e. The van der Waals surface area contributed by atoms with Gasteiger partial charge in [0.05, 0.1) is 0 Å². The number of aliphatic carboxylic acids is 1. The molecule has 34 heavy (non-hydrogen) atoms. The number of alkyl carbamates (subject to hydrolysis) is 1. The fourth-order valence-electron chi connectivity index (χ4n) is 6.86. The minimum absolute atomic E-state index is 0.0549. The molecule has 1 amide bonds. The highest BCUT2D eigenvalue weighted by Crippen LogP contribution is 2.75. The normalized spacial score (nSPS) is 24.7. The molecule has 4 aliphatic carbocycles. The monoisotopic (exact) mass is 453 g/mol. The van der Waals surface area contributed by atoms with Crippen LogP contribution >= 0.6 is 0 Å². The first-order chi connectivity index (χ1) is 16.4. The molecule has 0 spiro atoms. The van der Waals surface area contributed by atoms with Crippen molar-refractivity contribution in [3.05, 3.63) is 95.1 Å². The summed E-state index contributed by atoms with van der Waals surface area (Å²) in [6, 6.07) is 23.7. The van der Waals surface area contributed by atoms with Crippen molar-refractivity contribution in [2.24, 2.45) is 5.41 Å². The number of hydrogen-bond acceptors (Lipinski definition) is 3. The number of ether oxygens (including phenoxy) is 1. The molecule has 3 aromatic rings. The van der Waals surface area contributed by atoms with E-state index in [0.29, 0.717) is 0 Å². The number of nitrogens with one attached hydrogen (secondary N) is 1. The third-order valence-electron chi connectivity index (χ3n) is 8.25. The van der Waals surface area contributed by atoms with Crippen molar-refractivity contribution in [3.63, 3.8) is 0 Å². The quantitative estimate of drug-likeness (QED) is 0.523. The second-order valence-corrected chi connectivity index (χ2v) is 10.2. The Balaban J connectivity index is 1.13. The Morgan fingerprint density at radius 1 is 0.941 bits per heavy atom. The summed E-state index contributed by atoms with van der Waals surface area (Å²) in [6.45, 7) is 2.28. The fraction of sp³-hybridized carbons (Fsp3) is 0.310. The predicted octanol–water partition coefficient (Wildman–Crippen LogP) is 5.41. The van der Waals surface area contributed by atoms with Gasteiger partial charge in [0.15, 0.2) is 0 Å². The minimum atomic E-state index is -0.994. The van der Waals surface area contributed by atoms with Gasteiger partial charge in [0, 0.05) is 11.3 Å². The standard InChI is InChI=1S/C29H27NO4/c1-18-8-2-7-13-24(18)28-15-29(16-28,17-28)25(26(31)32)30-27(33)34-14-23-21-11-5-3-9-19(21)20-10-4-6-12-22(20)23/h2-13,23,25H,14-17H2,1H3,(H,30,33)(H,31,32). The van der Waals surface area contributed by atoms with E-state index in [1.807, 2.05) is 36.4 Å². The first-order valence-corrected chi connectivity index (χ1v) is 11.8. The van der Waals surface area contributed by atoms with Gasteiger partial charge in [-0.15, -0.1) is 0 Å². The summed E-state index contributed by atoms with van der Waals surface area (Å²) >= 11 is 0. The molecular formula is C29H27NO4. The average Bonchev–Trinajstić information content (AvgIpc) is 3.10. The van der Waals surface area contributed by atoms with Crippen LogP contribution in [-0.4, -0.2) is 29.8 Å². The molecule has 1 unspecified atom stereocenters. The zero-order valence-corrected chi connectivity index (χ0v) is 19.1. The van der Waals surface area contributed by atoms with Crippen LogP contribution in [0.25, 0.3) is 11.1 Å². The first-order valence-electron chi connectivity index (χ1n) is 11.8. The smallest absolute Gasteiger partial charge is 0.407 e. The summed E-state index contributed by atoms with van der Waals surface area (Å²) in [6.07, 6.45) is 1.69. The molecule has 0 radical (unpaired) electrons. The van der Waals surface area contributed by atoms with Crippen molar-refractivity contribution in [2.75, 3.05) is 6.61 Å². The van der Waals surface area contributed by atoms with E-state index in [0.717, 1.165) is 41.5 Å². The Morgan fingerprint density at radius 2 is 1.50 bits per heavy atom. The maximum absolute atomic E-state index is 12.7. The van der Waals surface area contributed by atoms with E-state index in [1.54, 1.807) is 0 Å². The Hall–Kier alpha value is -3.60. The summed E-state index contributed by atoms with van der Waals surface area (Å²) in [5, 5.41) is 12.6. The van der Waals surface area contributed by atoms with Crippen molar-refractivity contribution < 1.29 is 19.4 Å². The highest BCUT2D eigenvalue weighted by atomic mass is 16.5. The van der Waals surface area contributed by atoms with E-state index in [1.165, 1.54) is 11.1 Å². The molecule has 4 aliphatic rings. The number of rotatable bonds is 6. The molecule has 3 aromatic carbocycles. The molecule has 7 rings (SSSR count). The summed E-state index contributed by atoms with van der Waals surface area (Å²) in [4.78, 5) is 24.9. The van der Waals surface area contributed by atoms with Gasteiger partial charge in [-0.2, -0.15) is 0 Å². The summed E-state index contributed by atoms with van der Waals surface area (Å²) in [5.41, 5.74) is 6.80. The number of carboxylic acid groups (broad SMARTS) is 1. The van der Waals surface area contributed by atoms with Crippen molar-refractivity contribution in [1.29, 1.82) is 0 Å². The van der Waals surface area contributed by atoms with Crippen LogP contribution in [0.2, 0.25) is 0 Å². The van der Waals surface area contributed by atoms with Crippen LogP contribution in [0.5, 0.6) is 0 Å². The average molecular weight is 454 g/mol. The van der Waals surface area contributed by atoms with Gasteiger partial charge in [-0.3, -0.25) is 0 Å². The molecule has 0 saturated heterocycles. The second kappa shape index (κ2) is 7.45. The number of carboxylic acids is 1. The van der Waals surface area contributed by atoms with Gasteiger partial charge < -0.3 is 15.2 Å². The highest BCUT2D eigenvalue weighted by molar-refractivity contribution is 5.82. The molecule has 3 fully saturated rings. The number of aryl methyl sites for hydroxylation is 1. The van der Waals surface area contributed by atoms with Gasteiger partial charge in [0.25, 0.3) is 0 Å². The number of fused-ring (bicyclic) bond motifs is 3. The van der Waals surface area contributed by atoms with Crippen molar-refractivity contribution >= 4 is 12.1 Å². The molecule has 5 heteroatoms. The van der Waals surface area contributed by atoms with E-state index in [4.69, 9.17) is 4.74 Å². The molecule has 1 atom stereocenters. The number of hydrogen-bond donors (Lipinski definition) is 2. The lowest BCUT2D eigenvalue weighted by molar-refractivity contribution is -0.183. The summed E-state index contributed by atoms with van der Waals surface area (Å²) < 4.78 is 5.62. The molecular weight excluding hydrogens is 426 g/mol. The van der Waals surface area contributed by atoms with E-state index in [9.17, 15) is 14.7 Å². The predicted molar refractivity (Wildman–Crippen MR) is 129 cm³/mol. The lowest BCUT2D eigenvalue weighted by atomic mass is 9.31. The lowest BCUT2D eigenvalue weighted by Gasteiger charge is -2.72. The Morgan fingerprint density at radius 3 is 2.09 bits per heavy atom. The SMILES string of the molecule is Cc1ccccc1C12CC(C(NC(=O)OCC3c4ccccc4-c4ccccc43)C(=O)O)(C1)C2. The molecule has 2 N–H and O–H groups in total. The van der Waals surface area contributed by atoms with E-state index >= 15 is 0 Å². The van der Waals surface area contributed by atoms with Crippen molar-refractivity contribution in [2.45, 2.75) is 43.6 Å². The van der Waals surface area contributed by atoms with Crippen molar-refractivity contribution in [1.82, 2.24) is 5.32 Å². The van der Waals surface area contributed by atoms with Gasteiger partial charge in [0.1, 0.15) is 12.6 Å². The van der Waals surface area contributed by atoms with Crippen LogP contribution in [0.15, 0.2) is 72.8 Å². The zero-order valence-electron chi connectivity index (χ0n) is 19.1. The second-order valence-electron chi connectivity index (χ2n) is 10.2. The van der Waals surface area contributed by atoms with Crippen LogP contribution in [0.3, 0.4) is 0 Å². The molecule has 2 bridgehead atoms. The fourth-order valence-corrected chi connectivity index (χ4v) is 6.86. The third-order valence-corrected chi connectivity index (χ3v) is 8.25. The van der Waals surface area contributed by atoms with Crippen LogP contribution in [0, 0.1) is 12.3 Å². The number of carbonyl (C=O) groups excluding carboxylic acids is 1. The van der Waals surface area contributed by atoms with Crippen LogP contribution in [0.1, 0.15) is 47.4 Å². The Bertz CT molecular complexity index is 1250. The number of benzene rings is 3. The first kappa shape index (κ1) is 21.0. The summed E-state index contributed by atoms with van der Waals surface area (Å²) in [7, 11) is 0. The van der Waals surface area contributed by atoms with Gasteiger partial charge in [0.2, 0.25) is 0 Å². The van der Waals surface area contributed by atoms with Gasteiger partial charge in [-0.25, -0.2) is 9.59 Å². The maximum atomic E-state index is 12.7. The topological polar surface area (TPSA) is 75.6 Å². The van der Waals surface area contributed by atoms with Crippen LogP contribution in [0.4, 0.5) is 4.79 Å². The van der Waals surface area contributed by atoms with Gasteiger partial charge >= 0.3 is 12.1 Å². The molecule has 172 valence electrons. The van der Waals surface area contributed by atoms with Crippen molar-refractivity contribution in [3.8, 4) is 11.1 Å². The Kier molecular flexibility index (Phi) is 4.60. The van der Waals surface area contributed by atoms with Gasteiger partial charge in [-0.1, -0.05) is 72.8 Å². The summed E-state index contributed by atoms with van der Waals surface area (Å²) in [5.74, 6) is -1.05. The molecule has 0 heterocycles. The highest BCUT2D eigenvalue weighted by Gasteiger charge is 2.72. The van der Waals surface area contributed by atoms with E-state index in [-0.39, 0.29) is 23.4 Å². The lowest BCUT2D eigenvalue weighted by Crippen LogP contribution is -2.73. The maximum Gasteiger partial charge on any atom is 0.407 e. The molecule has 0 aliphatic heterocycles. The van der Waals surface area contributed by atoms with Gasteiger partial charge in [-0.05, 0) is 65.0 Å². The largest absolute Gasteiger partial charge is 0.480 e. The third kappa shape index (κ3) is 2.99. The Labute approximate surface area is 198 Å². The molecule has 3 saturated carbocycles. The molecule has 0 aromatic heterocycles. The number of amides is 1. The van der Waals surface area contributed by atoms with E-state index in [2.05, 4.69) is 48.6 Å². The number of carbonyl (C=O) groups is 2. The van der Waals surface area contributed by atoms with E-state index < -0.39 is 18.1 Å². The molecule has 5 nitrogen and oxygen atoms in total. The zero-order chi connectivity index (χ0) is 23.5.